The van der Waals surface area contributed by atoms with Crippen LogP contribution in [0.3, 0.4) is 0 Å². The van der Waals surface area contributed by atoms with Gasteiger partial charge in [0.1, 0.15) is 11.9 Å². The van der Waals surface area contributed by atoms with Crippen molar-refractivity contribution in [2.24, 2.45) is 0 Å². The summed E-state index contributed by atoms with van der Waals surface area (Å²) in [4.78, 5) is 0. The first-order valence-electron chi connectivity index (χ1n) is 5.97. The molecule has 0 fully saturated rings. The Balaban J connectivity index is 2.24. The number of benzene rings is 2. The number of nitrogens with two attached hydrogens (primary N) is 1. The zero-order valence-electron chi connectivity index (χ0n) is 10.5. The Morgan fingerprint density at radius 3 is 2.37 bits per heavy atom. The van der Waals surface area contributed by atoms with E-state index in [1.807, 2.05) is 37.3 Å². The van der Waals surface area contributed by atoms with Gasteiger partial charge in [-0.05, 0) is 30.7 Å². The van der Waals surface area contributed by atoms with Crippen LogP contribution in [-0.2, 0) is 0 Å². The molecule has 0 aliphatic carbocycles. The first-order valence-corrected chi connectivity index (χ1v) is 5.97. The van der Waals surface area contributed by atoms with Gasteiger partial charge in [0.05, 0.1) is 5.56 Å². The fraction of sp³-hybridized carbons (Fsp3) is 0.200. The third-order valence-electron chi connectivity index (χ3n) is 2.84. The Kier molecular flexibility index (Phi) is 4.00. The second-order valence-corrected chi connectivity index (χ2v) is 4.27. The Bertz CT molecular complexity index is 543. The molecule has 2 rings (SSSR count). The Morgan fingerprint density at radius 1 is 1.05 bits per heavy atom. The molecule has 0 radical (unpaired) electrons. The SMILES string of the molecule is CC(Oc1ccc(N)cc1C(F)F)c1ccccc1. The molecule has 0 aromatic heterocycles. The lowest BCUT2D eigenvalue weighted by molar-refractivity contribution is 0.139. The summed E-state index contributed by atoms with van der Waals surface area (Å²) in [6.07, 6.45) is -2.91. The molecule has 0 spiro atoms. The van der Waals surface area contributed by atoms with Crippen LogP contribution >= 0.6 is 0 Å². The molecule has 0 bridgehead atoms. The molecule has 19 heavy (non-hydrogen) atoms. The first kappa shape index (κ1) is 13.3. The third kappa shape index (κ3) is 3.22. The van der Waals surface area contributed by atoms with E-state index in [9.17, 15) is 8.78 Å². The van der Waals surface area contributed by atoms with Crippen LogP contribution in [0.1, 0.15) is 30.6 Å². The van der Waals surface area contributed by atoms with Crippen LogP contribution in [0.2, 0.25) is 0 Å². The number of hydrogen-bond donors (Lipinski definition) is 1. The molecule has 0 aliphatic heterocycles. The summed E-state index contributed by atoms with van der Waals surface area (Å²) in [5.74, 6) is 0.167. The van der Waals surface area contributed by atoms with Crippen LogP contribution in [0.15, 0.2) is 48.5 Å². The number of ether oxygens (including phenoxy) is 1. The molecule has 0 saturated carbocycles. The highest BCUT2D eigenvalue weighted by Gasteiger charge is 2.17. The molecule has 2 aromatic carbocycles. The normalized spacial score (nSPS) is 12.4. The van der Waals surface area contributed by atoms with Gasteiger partial charge in [-0.15, -0.1) is 0 Å². The largest absolute Gasteiger partial charge is 0.486 e. The fourth-order valence-corrected chi connectivity index (χ4v) is 1.83. The van der Waals surface area contributed by atoms with Gasteiger partial charge in [0, 0.05) is 5.69 Å². The van der Waals surface area contributed by atoms with Crippen molar-refractivity contribution in [3.8, 4) is 5.75 Å². The Morgan fingerprint density at radius 2 is 1.74 bits per heavy atom. The maximum atomic E-state index is 12.9. The number of halogens is 2. The number of hydrogen-bond acceptors (Lipinski definition) is 2. The molecule has 4 heteroatoms. The monoisotopic (exact) mass is 263 g/mol. The minimum absolute atomic E-state index is 0.167. The molecule has 100 valence electrons. The summed E-state index contributed by atoms with van der Waals surface area (Å²) < 4.78 is 31.5. The van der Waals surface area contributed by atoms with E-state index in [-0.39, 0.29) is 17.4 Å². The summed E-state index contributed by atoms with van der Waals surface area (Å²) in [5.41, 5.74) is 6.57. The average molecular weight is 263 g/mol. The maximum absolute atomic E-state index is 12.9. The number of alkyl halides is 2. The minimum Gasteiger partial charge on any atom is -0.486 e. The van der Waals surface area contributed by atoms with Crippen molar-refractivity contribution in [1.82, 2.24) is 0 Å². The molecular weight excluding hydrogens is 248 g/mol. The topological polar surface area (TPSA) is 35.2 Å². The van der Waals surface area contributed by atoms with Crippen LogP contribution in [0.4, 0.5) is 14.5 Å². The number of anilines is 1. The van der Waals surface area contributed by atoms with E-state index >= 15 is 0 Å². The van der Waals surface area contributed by atoms with Gasteiger partial charge in [-0.2, -0.15) is 0 Å². The van der Waals surface area contributed by atoms with Gasteiger partial charge in [0.15, 0.2) is 0 Å². The summed E-state index contributed by atoms with van der Waals surface area (Å²) in [6, 6.07) is 13.7. The molecule has 2 nitrogen and oxygen atoms in total. The summed E-state index contributed by atoms with van der Waals surface area (Å²) in [6.45, 7) is 1.82. The van der Waals surface area contributed by atoms with Crippen molar-refractivity contribution in [2.75, 3.05) is 5.73 Å². The minimum atomic E-state index is -2.61. The van der Waals surface area contributed by atoms with E-state index in [0.29, 0.717) is 5.69 Å². The van der Waals surface area contributed by atoms with Gasteiger partial charge in [0.2, 0.25) is 0 Å². The van der Waals surface area contributed by atoms with E-state index in [0.717, 1.165) is 5.56 Å². The predicted molar refractivity (Wildman–Crippen MR) is 71.3 cm³/mol. The Hall–Kier alpha value is -2.10. The van der Waals surface area contributed by atoms with E-state index in [1.165, 1.54) is 12.1 Å². The molecular formula is C15H15F2NO. The quantitative estimate of drug-likeness (QED) is 0.832. The van der Waals surface area contributed by atoms with Gasteiger partial charge in [-0.1, -0.05) is 30.3 Å². The summed E-state index contributed by atoms with van der Waals surface area (Å²) in [5, 5.41) is 0. The van der Waals surface area contributed by atoms with Crippen LogP contribution in [0, 0.1) is 0 Å². The van der Waals surface area contributed by atoms with Crippen molar-refractivity contribution in [1.29, 1.82) is 0 Å². The smallest absolute Gasteiger partial charge is 0.267 e. The molecule has 0 amide bonds. The summed E-state index contributed by atoms with van der Waals surface area (Å²) >= 11 is 0. The molecule has 2 aromatic rings. The van der Waals surface area contributed by atoms with E-state index in [4.69, 9.17) is 10.5 Å². The van der Waals surface area contributed by atoms with Crippen LogP contribution < -0.4 is 10.5 Å². The first-order chi connectivity index (χ1) is 9.08. The molecule has 1 atom stereocenters. The van der Waals surface area contributed by atoms with Crippen molar-refractivity contribution >= 4 is 5.69 Å². The fourth-order valence-electron chi connectivity index (χ4n) is 1.83. The molecule has 1 unspecified atom stereocenters. The lowest BCUT2D eigenvalue weighted by Crippen LogP contribution is -2.05. The lowest BCUT2D eigenvalue weighted by Gasteiger charge is -2.18. The summed E-state index contributed by atoms with van der Waals surface area (Å²) in [7, 11) is 0. The zero-order chi connectivity index (χ0) is 13.8. The highest BCUT2D eigenvalue weighted by Crippen LogP contribution is 2.33. The number of nitrogen functional groups attached to an aromatic ring is 1. The third-order valence-corrected chi connectivity index (χ3v) is 2.84. The molecule has 0 aliphatic rings. The maximum Gasteiger partial charge on any atom is 0.267 e. The predicted octanol–water partition coefficient (Wildman–Crippen LogP) is 4.35. The van der Waals surface area contributed by atoms with Crippen molar-refractivity contribution in [3.05, 3.63) is 59.7 Å². The van der Waals surface area contributed by atoms with Crippen molar-refractivity contribution in [3.63, 3.8) is 0 Å². The van der Waals surface area contributed by atoms with Crippen LogP contribution in [-0.4, -0.2) is 0 Å². The molecule has 0 saturated heterocycles. The van der Waals surface area contributed by atoms with E-state index in [2.05, 4.69) is 0 Å². The van der Waals surface area contributed by atoms with Crippen molar-refractivity contribution < 1.29 is 13.5 Å². The van der Waals surface area contributed by atoms with Gasteiger partial charge in [-0.25, -0.2) is 8.78 Å². The van der Waals surface area contributed by atoms with Crippen LogP contribution in [0.25, 0.3) is 0 Å². The average Bonchev–Trinajstić information content (AvgIpc) is 2.41. The molecule has 0 heterocycles. The standard InChI is InChI=1S/C15H15F2NO/c1-10(11-5-3-2-4-6-11)19-14-8-7-12(18)9-13(14)15(16)17/h2-10,15H,18H2,1H3. The number of rotatable bonds is 4. The van der Waals surface area contributed by atoms with Gasteiger partial charge < -0.3 is 10.5 Å². The Labute approximate surface area is 110 Å². The van der Waals surface area contributed by atoms with Gasteiger partial charge >= 0.3 is 0 Å². The second-order valence-electron chi connectivity index (χ2n) is 4.27. The highest BCUT2D eigenvalue weighted by molar-refractivity contribution is 5.48. The van der Waals surface area contributed by atoms with Crippen LogP contribution in [0.5, 0.6) is 5.75 Å². The van der Waals surface area contributed by atoms with E-state index < -0.39 is 6.43 Å². The zero-order valence-corrected chi connectivity index (χ0v) is 10.5. The van der Waals surface area contributed by atoms with E-state index in [1.54, 1.807) is 6.07 Å². The highest BCUT2D eigenvalue weighted by atomic mass is 19.3. The van der Waals surface area contributed by atoms with Crippen molar-refractivity contribution in [2.45, 2.75) is 19.5 Å². The lowest BCUT2D eigenvalue weighted by atomic mass is 10.1. The molecule has 2 N–H and O–H groups in total. The van der Waals surface area contributed by atoms with Gasteiger partial charge in [-0.3, -0.25) is 0 Å². The van der Waals surface area contributed by atoms with Gasteiger partial charge in [0.25, 0.3) is 6.43 Å². The second kappa shape index (κ2) is 5.69.